The fourth-order valence-electron chi connectivity index (χ4n) is 10.4. The summed E-state index contributed by atoms with van der Waals surface area (Å²) in [5.41, 5.74) is 3.87. The lowest BCUT2D eigenvalue weighted by molar-refractivity contribution is -0.438. The van der Waals surface area contributed by atoms with Gasteiger partial charge in [-0.3, -0.25) is 9.35 Å². The van der Waals surface area contributed by atoms with Gasteiger partial charge >= 0.3 is 0 Å². The van der Waals surface area contributed by atoms with Gasteiger partial charge in [-0.25, -0.2) is 8.42 Å². The van der Waals surface area contributed by atoms with Gasteiger partial charge in [-0.05, 0) is 75.6 Å². The molecule has 2 aromatic rings. The van der Waals surface area contributed by atoms with Gasteiger partial charge in [0.05, 0.1) is 61.5 Å². The van der Waals surface area contributed by atoms with Crippen LogP contribution in [0, 0.1) is 0 Å². The number of ether oxygens (including phenoxy) is 6. The van der Waals surface area contributed by atoms with E-state index in [-0.39, 0.29) is 28.9 Å². The molecular weight excluding hydrogens is 1100 g/mol. The summed E-state index contributed by atoms with van der Waals surface area (Å²) in [6.07, 6.45) is 0.517. The summed E-state index contributed by atoms with van der Waals surface area (Å²) in [6.45, 7) is 12.2. The summed E-state index contributed by atoms with van der Waals surface area (Å²) in [5, 5.41) is 77.1. The minimum atomic E-state index is -4.70. The van der Waals surface area contributed by atoms with Crippen molar-refractivity contribution in [3.05, 3.63) is 95.8 Å². The minimum absolute atomic E-state index is 0.0553. The van der Waals surface area contributed by atoms with E-state index in [1.165, 1.54) is 24.3 Å². The van der Waals surface area contributed by atoms with Crippen LogP contribution in [0.1, 0.15) is 71.4 Å². The molecule has 81 heavy (non-hydrogen) atoms. The number of carbonyl (C=O) groups excluding carboxylic acids is 1. The van der Waals surface area contributed by atoms with Gasteiger partial charge in [-0.15, -0.1) is 0 Å². The van der Waals surface area contributed by atoms with E-state index >= 15 is 0 Å². The largest absolute Gasteiger partial charge is 0.744 e. The van der Waals surface area contributed by atoms with Gasteiger partial charge in [-0.1, -0.05) is 44.2 Å². The van der Waals surface area contributed by atoms with Crippen LogP contribution in [0.15, 0.2) is 94.4 Å². The van der Waals surface area contributed by atoms with Crippen LogP contribution in [0.3, 0.4) is 0 Å². The highest BCUT2D eigenvalue weighted by Crippen LogP contribution is 2.48. The van der Waals surface area contributed by atoms with Crippen molar-refractivity contribution in [3.8, 4) is 0 Å². The normalized spacial score (nSPS) is 27.1. The first-order chi connectivity index (χ1) is 38.4. The van der Waals surface area contributed by atoms with Crippen molar-refractivity contribution in [1.82, 2.24) is 10.6 Å². The maximum Gasteiger partial charge on any atom is 0.294 e. The third-order valence-corrected chi connectivity index (χ3v) is 16.5. The standard InChI is InChI=1S/C55H80N4O20S2/c1-6-58-39-20-18-35(80(68,69)70)31-37(39)54(2,3)43(58)15-11-8-7-9-12-16-44-55(4,5)38-32-36(81(71,72)73)19-21-40(38)59(44)25-14-10-13-17-45(62)57-24-27-75-30-29-74-26-22-56-23-28-76-50-41(33-60)78-53(49(66)47(50)64)79-51-42(34-61)77-52(67)48(65)46(51)63/h7-9,11-12,15-16,18-21,31-32,41-42,46-53,56,60-61,63-67H,6,10,13-14,17,22-30,33-34H2,1-5H3,(H2-,57,62,68,69,70,71,72,73)/t41-,42-,46-,47-,48-,49-,50-,51-,52?,53-/m1/s1. The van der Waals surface area contributed by atoms with Crippen LogP contribution in [0.25, 0.3) is 0 Å². The number of anilines is 1. The molecule has 4 aliphatic heterocycles. The van der Waals surface area contributed by atoms with Gasteiger partial charge in [0.1, 0.15) is 65.5 Å². The zero-order valence-corrected chi connectivity index (χ0v) is 47.9. The van der Waals surface area contributed by atoms with Crippen LogP contribution in [0.2, 0.25) is 0 Å². The third-order valence-electron chi connectivity index (χ3n) is 14.8. The Bertz CT molecular complexity index is 2820. The van der Waals surface area contributed by atoms with E-state index in [2.05, 4.69) is 20.1 Å². The topological polar surface area (TPSA) is 356 Å². The lowest BCUT2D eigenvalue weighted by atomic mass is 9.81. The first kappa shape index (κ1) is 65.7. The van der Waals surface area contributed by atoms with Crippen molar-refractivity contribution in [1.29, 1.82) is 0 Å². The van der Waals surface area contributed by atoms with Crippen LogP contribution >= 0.6 is 0 Å². The zero-order chi connectivity index (χ0) is 59.3. The fourth-order valence-corrected chi connectivity index (χ4v) is 11.4. The zero-order valence-electron chi connectivity index (χ0n) is 46.3. The fraction of sp³-hybridized carbons (Fsp3) is 0.600. The van der Waals surface area contributed by atoms with E-state index < -0.39 is 106 Å². The lowest BCUT2D eigenvalue weighted by Gasteiger charge is -2.46. The van der Waals surface area contributed by atoms with Crippen LogP contribution in [0.5, 0.6) is 0 Å². The number of allylic oxidation sites excluding steroid dienone is 8. The molecule has 0 aromatic heterocycles. The van der Waals surface area contributed by atoms with Crippen LogP contribution in [-0.2, 0) is 64.3 Å². The first-order valence-electron chi connectivity index (χ1n) is 27.1. The smallest absolute Gasteiger partial charge is 0.294 e. The van der Waals surface area contributed by atoms with Crippen LogP contribution in [-0.4, -0.2) is 218 Å². The number of nitrogens with one attached hydrogen (secondary N) is 2. The number of unbranched alkanes of at least 4 members (excludes halogenated alkanes) is 2. The molecule has 1 amide bonds. The average Bonchev–Trinajstić information content (AvgIpc) is 3.30. The van der Waals surface area contributed by atoms with Crippen molar-refractivity contribution in [2.75, 3.05) is 83.9 Å². The highest BCUT2D eigenvalue weighted by Gasteiger charge is 2.51. The number of nitrogens with zero attached hydrogens (tertiary/aromatic N) is 2. The Hall–Kier alpha value is -4.40. The molecule has 24 nitrogen and oxygen atoms in total. The van der Waals surface area contributed by atoms with Crippen LogP contribution in [0.4, 0.5) is 11.4 Å². The second kappa shape index (κ2) is 29.4. The molecular formula is C55H80N4O20S2. The molecule has 2 aromatic carbocycles. The van der Waals surface area contributed by atoms with E-state index in [1.54, 1.807) is 12.1 Å². The number of rotatable bonds is 30. The molecule has 10 N–H and O–H groups in total. The highest BCUT2D eigenvalue weighted by atomic mass is 32.2. The average molecular weight is 1180 g/mol. The van der Waals surface area contributed by atoms with Gasteiger partial charge in [0.15, 0.2) is 18.3 Å². The molecule has 0 radical (unpaired) electrons. The molecule has 0 bridgehead atoms. The summed E-state index contributed by atoms with van der Waals surface area (Å²) in [6, 6.07) is 9.09. The molecule has 1 unspecified atom stereocenters. The predicted octanol–water partition coefficient (Wildman–Crippen LogP) is 0.524. The van der Waals surface area contributed by atoms with Crippen molar-refractivity contribution < 1.29 is 99.5 Å². The summed E-state index contributed by atoms with van der Waals surface area (Å²) in [5.74, 6) is -0.108. The summed E-state index contributed by atoms with van der Waals surface area (Å²) >= 11 is 0. The lowest BCUT2D eigenvalue weighted by Crippen LogP contribution is -2.64. The first-order valence-corrected chi connectivity index (χ1v) is 29.9. The summed E-state index contributed by atoms with van der Waals surface area (Å²) in [7, 11) is -9.06. The number of aliphatic hydroxyl groups is 7. The molecule has 2 fully saturated rings. The van der Waals surface area contributed by atoms with Gasteiger partial charge in [-0.2, -0.15) is 13.0 Å². The van der Waals surface area contributed by atoms with Crippen molar-refractivity contribution >= 4 is 43.2 Å². The van der Waals surface area contributed by atoms with Gasteiger partial charge in [0.25, 0.3) is 10.1 Å². The Kier molecular flexibility index (Phi) is 23.9. The quantitative estimate of drug-likeness (QED) is 0.0221. The van der Waals surface area contributed by atoms with E-state index in [9.17, 15) is 66.5 Å². The van der Waals surface area contributed by atoms with E-state index in [0.717, 1.165) is 41.2 Å². The number of amides is 1. The second-order valence-corrected chi connectivity index (χ2v) is 23.8. The number of benzene rings is 2. The van der Waals surface area contributed by atoms with Gasteiger partial charge in [0.2, 0.25) is 11.6 Å². The van der Waals surface area contributed by atoms with Gasteiger partial charge < -0.3 is 84.3 Å². The Balaban J connectivity index is 0.866. The number of hydrogen-bond acceptors (Lipinski definition) is 21. The monoisotopic (exact) mass is 1180 g/mol. The molecule has 452 valence electrons. The van der Waals surface area contributed by atoms with E-state index in [1.807, 2.05) is 77.2 Å². The molecule has 0 spiro atoms. The molecule has 2 saturated heterocycles. The second-order valence-electron chi connectivity index (χ2n) is 21.0. The van der Waals surface area contributed by atoms with Gasteiger partial charge in [0, 0.05) is 73.5 Å². The van der Waals surface area contributed by atoms with E-state index in [4.69, 9.17) is 28.4 Å². The Morgan fingerprint density at radius 2 is 1.37 bits per heavy atom. The summed E-state index contributed by atoms with van der Waals surface area (Å²) in [4.78, 5) is 14.3. The molecule has 4 heterocycles. The number of carbonyl (C=O) groups is 1. The maximum absolute atomic E-state index is 12.6. The Morgan fingerprint density at radius 3 is 2.05 bits per heavy atom. The van der Waals surface area contributed by atoms with Crippen molar-refractivity contribution in [2.45, 2.75) is 142 Å². The third kappa shape index (κ3) is 16.5. The molecule has 0 saturated carbocycles. The van der Waals surface area contributed by atoms with Crippen LogP contribution < -0.4 is 15.5 Å². The van der Waals surface area contributed by atoms with E-state index in [0.29, 0.717) is 70.9 Å². The molecule has 10 atom stereocenters. The molecule has 26 heteroatoms. The number of fused-ring (bicyclic) bond motifs is 2. The van der Waals surface area contributed by atoms with Crippen molar-refractivity contribution in [3.63, 3.8) is 0 Å². The molecule has 4 aliphatic rings. The maximum atomic E-state index is 12.6. The van der Waals surface area contributed by atoms with Crippen molar-refractivity contribution in [2.24, 2.45) is 0 Å². The number of hydrogen-bond donors (Lipinski definition) is 10. The summed E-state index contributed by atoms with van der Waals surface area (Å²) < 4.78 is 105. The SMILES string of the molecule is CCN1\C(=C/C=C/C=C/C=C/C2=[N+](CCCCCC(=O)NCCOCCOCCNCCO[C@H]3[C@H](O)[C@@H](O)[C@@H](O[C@H]4[C@H](O)[C@@H](O)C(O)O[C@@H]4CO)O[C@@H]3CO)c3ccc(S(=O)(=O)[O-])cc3C2(C)C)C(C)(C)c2cc(S(=O)(=O)O)ccc21. The predicted molar refractivity (Wildman–Crippen MR) is 293 cm³/mol. The Labute approximate surface area is 473 Å². The number of aliphatic hydroxyl groups excluding tert-OH is 7. The minimum Gasteiger partial charge on any atom is -0.744 e. The number of likely N-dealkylation sites (N-methyl/N-ethyl adjacent to an activating group) is 1. The highest BCUT2D eigenvalue weighted by molar-refractivity contribution is 7.86. The Morgan fingerprint density at radius 1 is 0.741 bits per heavy atom. The molecule has 6 rings (SSSR count). The molecule has 0 aliphatic carbocycles.